The number of carbonyl (C=O) groups excluding carboxylic acids is 2. The number of hydrogen-bond donors (Lipinski definition) is 1. The molecule has 0 aliphatic carbocycles. The van der Waals surface area contributed by atoms with E-state index in [1.54, 1.807) is 49.2 Å². The molecule has 138 valence electrons. The third-order valence-electron chi connectivity index (χ3n) is 3.85. The fraction of sp³-hybridized carbons (Fsp3) is 0.368. The summed E-state index contributed by atoms with van der Waals surface area (Å²) in [4.78, 5) is 34.7. The number of carbonyl (C=O) groups is 2. The summed E-state index contributed by atoms with van der Waals surface area (Å²) < 4.78 is 4.79. The van der Waals surface area contributed by atoms with Crippen molar-refractivity contribution in [3.63, 3.8) is 0 Å². The van der Waals surface area contributed by atoms with E-state index >= 15 is 0 Å². The molecule has 26 heavy (non-hydrogen) atoms. The maximum atomic E-state index is 12.6. The average Bonchev–Trinajstić information content (AvgIpc) is 2.64. The molecule has 7 nitrogen and oxygen atoms in total. The van der Waals surface area contributed by atoms with Gasteiger partial charge in [-0.15, -0.1) is 0 Å². The number of unbranched alkanes of at least 4 members (excludes halogenated alkanes) is 1. The van der Waals surface area contributed by atoms with Gasteiger partial charge in [-0.1, -0.05) is 25.5 Å². The molecule has 2 rings (SSSR count). The highest BCUT2D eigenvalue weighted by atomic mass is 16.5. The van der Waals surface area contributed by atoms with Gasteiger partial charge < -0.3 is 15.0 Å². The molecule has 1 aromatic heterocycles. The van der Waals surface area contributed by atoms with Crippen LogP contribution >= 0.6 is 0 Å². The number of methoxy groups -OCH3 is 1. The van der Waals surface area contributed by atoms with Crippen molar-refractivity contribution in [1.82, 2.24) is 14.9 Å². The van der Waals surface area contributed by atoms with Crippen molar-refractivity contribution in [2.75, 3.05) is 26.0 Å². The number of nitrogens with zero attached hydrogens (tertiary/aromatic N) is 3. The maximum Gasteiger partial charge on any atom is 0.339 e. The van der Waals surface area contributed by atoms with Crippen LogP contribution in [0.2, 0.25) is 0 Å². The monoisotopic (exact) mass is 356 g/mol. The summed E-state index contributed by atoms with van der Waals surface area (Å²) in [7, 11) is 3.08. The molecular weight excluding hydrogens is 332 g/mol. The first-order valence-electron chi connectivity index (χ1n) is 8.51. The summed E-state index contributed by atoms with van der Waals surface area (Å²) in [6, 6.07) is 8.56. The summed E-state index contributed by atoms with van der Waals surface area (Å²) in [5.74, 6) is -0.363. The molecule has 0 radical (unpaired) electrons. The Balaban J connectivity index is 2.28. The van der Waals surface area contributed by atoms with Crippen molar-refractivity contribution < 1.29 is 14.3 Å². The van der Waals surface area contributed by atoms with Crippen LogP contribution in [0.4, 0.5) is 11.6 Å². The molecular formula is C19H24N4O3. The van der Waals surface area contributed by atoms with Gasteiger partial charge in [0, 0.05) is 19.3 Å². The Morgan fingerprint density at radius 3 is 2.65 bits per heavy atom. The third-order valence-corrected chi connectivity index (χ3v) is 3.85. The fourth-order valence-corrected chi connectivity index (χ4v) is 2.43. The number of aromatic nitrogens is 2. The quantitative estimate of drug-likeness (QED) is 0.767. The molecule has 2 aromatic rings. The lowest BCUT2D eigenvalue weighted by Gasteiger charge is -2.17. The Morgan fingerprint density at radius 2 is 1.96 bits per heavy atom. The zero-order valence-corrected chi connectivity index (χ0v) is 15.6. The van der Waals surface area contributed by atoms with Crippen molar-refractivity contribution in [2.24, 2.45) is 0 Å². The summed E-state index contributed by atoms with van der Waals surface area (Å²) in [6.45, 7) is 4.54. The largest absolute Gasteiger partial charge is 0.465 e. The van der Waals surface area contributed by atoms with E-state index in [1.165, 1.54) is 7.11 Å². The number of aryl methyl sites for hydroxylation is 1. The van der Waals surface area contributed by atoms with Crippen molar-refractivity contribution in [3.05, 3.63) is 47.3 Å². The van der Waals surface area contributed by atoms with Crippen molar-refractivity contribution in [2.45, 2.75) is 26.7 Å². The van der Waals surface area contributed by atoms with E-state index in [0.717, 1.165) is 12.8 Å². The van der Waals surface area contributed by atoms with Gasteiger partial charge in [0.1, 0.15) is 5.69 Å². The van der Waals surface area contributed by atoms with E-state index in [-0.39, 0.29) is 11.9 Å². The molecule has 1 aromatic carbocycles. The molecule has 1 N–H and O–H groups in total. The van der Waals surface area contributed by atoms with Gasteiger partial charge in [0.15, 0.2) is 0 Å². The van der Waals surface area contributed by atoms with Gasteiger partial charge in [-0.05, 0) is 31.5 Å². The standard InChI is InChI=1S/C19H24N4O3/c1-5-6-11-23(3)17(24)16-12-13(2)20-19(22-16)21-15-10-8-7-9-14(15)18(25)26-4/h7-10,12H,5-6,11H2,1-4H3,(H,20,21,22). The predicted octanol–water partition coefficient (Wildman–Crippen LogP) is 3.19. The zero-order chi connectivity index (χ0) is 19.1. The van der Waals surface area contributed by atoms with Crippen LogP contribution < -0.4 is 5.32 Å². The van der Waals surface area contributed by atoms with E-state index in [1.807, 2.05) is 0 Å². The van der Waals surface area contributed by atoms with Gasteiger partial charge in [0.2, 0.25) is 5.95 Å². The molecule has 0 aliphatic rings. The SMILES string of the molecule is CCCCN(C)C(=O)c1cc(C)nc(Nc2ccccc2C(=O)OC)n1. The van der Waals surface area contributed by atoms with E-state index < -0.39 is 5.97 Å². The number of amides is 1. The Kier molecular flexibility index (Phi) is 6.66. The highest BCUT2D eigenvalue weighted by molar-refractivity contribution is 5.96. The van der Waals surface area contributed by atoms with E-state index in [9.17, 15) is 9.59 Å². The molecule has 0 saturated carbocycles. The smallest absolute Gasteiger partial charge is 0.339 e. The van der Waals surface area contributed by atoms with Crippen molar-refractivity contribution >= 4 is 23.5 Å². The summed E-state index contributed by atoms with van der Waals surface area (Å²) in [6.07, 6.45) is 1.95. The first-order chi connectivity index (χ1) is 12.5. The van der Waals surface area contributed by atoms with Gasteiger partial charge in [0.05, 0.1) is 18.4 Å². The molecule has 0 aliphatic heterocycles. The Morgan fingerprint density at radius 1 is 1.23 bits per heavy atom. The minimum Gasteiger partial charge on any atom is -0.465 e. The summed E-state index contributed by atoms with van der Waals surface area (Å²) in [5, 5.41) is 3.01. The molecule has 7 heteroatoms. The van der Waals surface area contributed by atoms with Crippen molar-refractivity contribution in [3.8, 4) is 0 Å². The van der Waals surface area contributed by atoms with Crippen molar-refractivity contribution in [1.29, 1.82) is 0 Å². The molecule has 0 atom stereocenters. The third kappa shape index (κ3) is 4.78. The number of para-hydroxylation sites is 1. The first-order valence-corrected chi connectivity index (χ1v) is 8.51. The number of anilines is 2. The topological polar surface area (TPSA) is 84.4 Å². The molecule has 0 bridgehead atoms. The molecule has 1 heterocycles. The van der Waals surface area contributed by atoms with Crippen LogP contribution in [-0.4, -0.2) is 47.4 Å². The second-order valence-electron chi connectivity index (χ2n) is 5.96. The van der Waals surface area contributed by atoms with Crippen LogP contribution in [-0.2, 0) is 4.74 Å². The normalized spacial score (nSPS) is 10.3. The molecule has 1 amide bonds. The van der Waals surface area contributed by atoms with Gasteiger partial charge >= 0.3 is 5.97 Å². The highest BCUT2D eigenvalue weighted by Gasteiger charge is 2.16. The van der Waals surface area contributed by atoms with Crippen LogP contribution in [0, 0.1) is 6.92 Å². The predicted molar refractivity (Wildman–Crippen MR) is 99.7 cm³/mol. The van der Waals surface area contributed by atoms with Crippen LogP contribution in [0.3, 0.4) is 0 Å². The first kappa shape index (κ1) is 19.4. The molecule has 0 spiro atoms. The van der Waals surface area contributed by atoms with Gasteiger partial charge in [-0.3, -0.25) is 4.79 Å². The highest BCUT2D eigenvalue weighted by Crippen LogP contribution is 2.20. The van der Waals surface area contributed by atoms with Crippen LogP contribution in [0.5, 0.6) is 0 Å². The Hall–Kier alpha value is -2.96. The second kappa shape index (κ2) is 8.94. The summed E-state index contributed by atoms with van der Waals surface area (Å²) >= 11 is 0. The number of ether oxygens (including phenoxy) is 1. The number of nitrogens with one attached hydrogen (secondary N) is 1. The number of rotatable bonds is 7. The summed E-state index contributed by atoms with van der Waals surface area (Å²) in [5.41, 5.74) is 1.86. The lowest BCUT2D eigenvalue weighted by atomic mass is 10.2. The minimum absolute atomic E-state index is 0.159. The van der Waals surface area contributed by atoms with Gasteiger partial charge in [-0.25, -0.2) is 14.8 Å². The van der Waals surface area contributed by atoms with E-state index in [2.05, 4.69) is 22.2 Å². The minimum atomic E-state index is -0.462. The Bertz CT molecular complexity index is 792. The zero-order valence-electron chi connectivity index (χ0n) is 15.6. The second-order valence-corrected chi connectivity index (χ2v) is 5.96. The van der Waals surface area contributed by atoms with Gasteiger partial charge in [0.25, 0.3) is 5.91 Å². The van der Waals surface area contributed by atoms with Crippen LogP contribution in [0.1, 0.15) is 46.3 Å². The molecule has 0 unspecified atom stereocenters. The molecule has 0 fully saturated rings. The lowest BCUT2D eigenvalue weighted by Crippen LogP contribution is -2.28. The van der Waals surface area contributed by atoms with Crippen LogP contribution in [0.15, 0.2) is 30.3 Å². The van der Waals surface area contributed by atoms with Crippen LogP contribution in [0.25, 0.3) is 0 Å². The number of benzene rings is 1. The number of hydrogen-bond acceptors (Lipinski definition) is 6. The average molecular weight is 356 g/mol. The lowest BCUT2D eigenvalue weighted by molar-refractivity contribution is 0.0601. The van der Waals surface area contributed by atoms with Gasteiger partial charge in [-0.2, -0.15) is 0 Å². The Labute approximate surface area is 153 Å². The van der Waals surface area contributed by atoms with E-state index in [4.69, 9.17) is 4.74 Å². The maximum absolute atomic E-state index is 12.6. The molecule has 0 saturated heterocycles. The fourth-order valence-electron chi connectivity index (χ4n) is 2.43. The number of esters is 1. The van der Waals surface area contributed by atoms with E-state index in [0.29, 0.717) is 29.2 Å².